The van der Waals surface area contributed by atoms with E-state index < -0.39 is 17.5 Å². The Morgan fingerprint density at radius 1 is 1.35 bits per heavy atom. The molecule has 2 heterocycles. The highest BCUT2D eigenvalue weighted by atomic mass is 79.9. The van der Waals surface area contributed by atoms with E-state index in [0.717, 1.165) is 6.07 Å². The zero-order valence-electron chi connectivity index (χ0n) is 10.2. The molecule has 102 valence electrons. The maximum atomic E-state index is 13.3. The zero-order chi connectivity index (χ0) is 14.4. The van der Waals surface area contributed by atoms with Crippen LogP contribution in [-0.4, -0.2) is 31.9 Å². The summed E-state index contributed by atoms with van der Waals surface area (Å²) in [5.74, 6) is -1.78. The topological polar surface area (TPSA) is 81.0 Å². The number of aryl methyl sites for hydroxylation is 1. The molecule has 0 radical (unpaired) electrons. The molecule has 1 aliphatic heterocycles. The molecule has 0 saturated heterocycles. The Balaban J connectivity index is 2.06. The van der Waals surface area contributed by atoms with Gasteiger partial charge in [-0.05, 0) is 33.3 Å². The Morgan fingerprint density at radius 2 is 2.10 bits per heavy atom. The fraction of sp³-hybridized carbons (Fsp3) is 0.182. The zero-order valence-corrected chi connectivity index (χ0v) is 11.8. The molecule has 1 aliphatic rings. The summed E-state index contributed by atoms with van der Waals surface area (Å²) in [6.45, 7) is -0.00432. The van der Waals surface area contributed by atoms with Crippen molar-refractivity contribution >= 4 is 33.3 Å². The SMILES string of the molecule is Cn1nnc(CN2C(=O)C(=O)c3cc(F)cc(Br)c32)n1. The van der Waals surface area contributed by atoms with Crippen molar-refractivity contribution in [3.63, 3.8) is 0 Å². The van der Waals surface area contributed by atoms with Crippen molar-refractivity contribution in [2.24, 2.45) is 7.05 Å². The van der Waals surface area contributed by atoms with E-state index >= 15 is 0 Å². The number of ketones is 1. The summed E-state index contributed by atoms with van der Waals surface area (Å²) < 4.78 is 13.7. The van der Waals surface area contributed by atoms with Gasteiger partial charge in [0.15, 0.2) is 5.82 Å². The highest BCUT2D eigenvalue weighted by Gasteiger charge is 2.38. The van der Waals surface area contributed by atoms with Crippen molar-refractivity contribution in [3.8, 4) is 0 Å². The number of fused-ring (bicyclic) bond motifs is 1. The van der Waals surface area contributed by atoms with Crippen LogP contribution in [0.4, 0.5) is 10.1 Å². The second-order valence-electron chi connectivity index (χ2n) is 4.20. The number of aromatic nitrogens is 4. The molecular weight excluding hydrogens is 333 g/mol. The fourth-order valence-corrected chi connectivity index (χ4v) is 2.68. The van der Waals surface area contributed by atoms with Crippen LogP contribution in [0.5, 0.6) is 0 Å². The van der Waals surface area contributed by atoms with Crippen LogP contribution in [0.25, 0.3) is 0 Å². The van der Waals surface area contributed by atoms with Gasteiger partial charge in [0, 0.05) is 4.47 Å². The van der Waals surface area contributed by atoms with Crippen LogP contribution in [-0.2, 0) is 18.4 Å². The molecule has 0 fully saturated rings. The van der Waals surface area contributed by atoms with E-state index in [9.17, 15) is 14.0 Å². The molecule has 0 N–H and O–H groups in total. The van der Waals surface area contributed by atoms with Gasteiger partial charge in [0.25, 0.3) is 11.7 Å². The van der Waals surface area contributed by atoms with Crippen LogP contribution in [0.15, 0.2) is 16.6 Å². The van der Waals surface area contributed by atoms with E-state index in [-0.39, 0.29) is 17.9 Å². The van der Waals surface area contributed by atoms with Crippen LogP contribution >= 0.6 is 15.9 Å². The van der Waals surface area contributed by atoms with Crippen molar-refractivity contribution in [2.75, 3.05) is 4.90 Å². The van der Waals surface area contributed by atoms with Crippen LogP contribution in [0.1, 0.15) is 16.2 Å². The average Bonchev–Trinajstić information content (AvgIpc) is 2.88. The molecule has 0 unspecified atom stereocenters. The van der Waals surface area contributed by atoms with Crippen LogP contribution < -0.4 is 4.90 Å². The molecule has 20 heavy (non-hydrogen) atoms. The van der Waals surface area contributed by atoms with Gasteiger partial charge in [-0.25, -0.2) is 4.39 Å². The van der Waals surface area contributed by atoms with Gasteiger partial charge in [0.2, 0.25) is 0 Å². The first kappa shape index (κ1) is 12.9. The maximum absolute atomic E-state index is 13.3. The summed E-state index contributed by atoms with van der Waals surface area (Å²) in [4.78, 5) is 26.3. The lowest BCUT2D eigenvalue weighted by atomic mass is 10.1. The number of halogens is 2. The normalized spacial score (nSPS) is 14.1. The number of hydrogen-bond acceptors (Lipinski definition) is 5. The highest BCUT2D eigenvalue weighted by molar-refractivity contribution is 9.10. The monoisotopic (exact) mass is 339 g/mol. The van der Waals surface area contributed by atoms with Crippen molar-refractivity contribution in [1.29, 1.82) is 0 Å². The molecular formula is C11H7BrFN5O2. The average molecular weight is 340 g/mol. The number of carbonyl (C=O) groups is 2. The molecule has 1 amide bonds. The molecule has 1 aromatic carbocycles. The number of hydrogen-bond donors (Lipinski definition) is 0. The second-order valence-corrected chi connectivity index (χ2v) is 5.05. The summed E-state index contributed by atoms with van der Waals surface area (Å²) >= 11 is 3.16. The third-order valence-corrected chi connectivity index (χ3v) is 3.44. The van der Waals surface area contributed by atoms with E-state index in [2.05, 4.69) is 31.3 Å². The maximum Gasteiger partial charge on any atom is 0.299 e. The predicted octanol–water partition coefficient (Wildman–Crippen LogP) is 0.841. The Morgan fingerprint density at radius 3 is 2.75 bits per heavy atom. The van der Waals surface area contributed by atoms with Crippen molar-refractivity contribution in [2.45, 2.75) is 6.54 Å². The summed E-state index contributed by atoms with van der Waals surface area (Å²) in [6, 6.07) is 2.24. The lowest BCUT2D eigenvalue weighted by Crippen LogP contribution is -2.29. The molecule has 1 aromatic heterocycles. The minimum absolute atomic E-state index is 0.00432. The Hall–Kier alpha value is -2.16. The first-order valence-electron chi connectivity index (χ1n) is 5.55. The number of anilines is 1. The lowest BCUT2D eigenvalue weighted by molar-refractivity contribution is -0.114. The van der Waals surface area contributed by atoms with Crippen molar-refractivity contribution in [3.05, 3.63) is 33.8 Å². The van der Waals surface area contributed by atoms with E-state index in [1.807, 2.05) is 0 Å². The minimum Gasteiger partial charge on any atom is -0.296 e. The van der Waals surface area contributed by atoms with Crippen molar-refractivity contribution < 1.29 is 14.0 Å². The predicted molar refractivity (Wildman–Crippen MR) is 68.4 cm³/mol. The number of tetrazole rings is 1. The summed E-state index contributed by atoms with van der Waals surface area (Å²) in [6.07, 6.45) is 0. The largest absolute Gasteiger partial charge is 0.299 e. The second kappa shape index (κ2) is 4.44. The Bertz CT molecular complexity index is 744. The van der Waals surface area contributed by atoms with Gasteiger partial charge >= 0.3 is 0 Å². The van der Waals surface area contributed by atoms with E-state index in [4.69, 9.17) is 0 Å². The number of benzene rings is 1. The van der Waals surface area contributed by atoms with Gasteiger partial charge in [0.05, 0.1) is 24.8 Å². The van der Waals surface area contributed by atoms with Gasteiger partial charge < -0.3 is 0 Å². The van der Waals surface area contributed by atoms with Gasteiger partial charge in [0.1, 0.15) is 5.82 Å². The Kier molecular flexibility index (Phi) is 2.85. The molecule has 9 heteroatoms. The summed E-state index contributed by atoms with van der Waals surface area (Å²) in [7, 11) is 1.59. The van der Waals surface area contributed by atoms with Crippen LogP contribution in [0.3, 0.4) is 0 Å². The molecule has 3 rings (SSSR count). The number of rotatable bonds is 2. The lowest BCUT2D eigenvalue weighted by Gasteiger charge is -2.15. The molecule has 0 spiro atoms. The quantitative estimate of drug-likeness (QED) is 0.757. The van der Waals surface area contributed by atoms with Crippen molar-refractivity contribution in [1.82, 2.24) is 20.2 Å². The van der Waals surface area contributed by atoms with Gasteiger partial charge in [-0.2, -0.15) is 4.80 Å². The highest BCUT2D eigenvalue weighted by Crippen LogP contribution is 2.37. The van der Waals surface area contributed by atoms with E-state index in [1.165, 1.54) is 15.8 Å². The van der Waals surface area contributed by atoms with Crippen LogP contribution in [0, 0.1) is 5.82 Å². The van der Waals surface area contributed by atoms with E-state index in [0.29, 0.717) is 10.2 Å². The molecule has 0 atom stereocenters. The van der Waals surface area contributed by atoms with Crippen LogP contribution in [0.2, 0.25) is 0 Å². The number of carbonyl (C=O) groups excluding carboxylic acids is 2. The Labute approximate surface area is 120 Å². The number of nitrogens with zero attached hydrogens (tertiary/aromatic N) is 5. The summed E-state index contributed by atoms with van der Waals surface area (Å²) in [5, 5.41) is 11.4. The van der Waals surface area contributed by atoms with Gasteiger partial charge in [-0.15, -0.1) is 10.2 Å². The van der Waals surface area contributed by atoms with E-state index in [1.54, 1.807) is 7.05 Å². The fourth-order valence-electron chi connectivity index (χ4n) is 2.03. The summed E-state index contributed by atoms with van der Waals surface area (Å²) in [5.41, 5.74) is 0.361. The number of amides is 1. The molecule has 0 saturated carbocycles. The smallest absolute Gasteiger partial charge is 0.296 e. The van der Waals surface area contributed by atoms with Gasteiger partial charge in [-0.3, -0.25) is 14.5 Å². The number of Topliss-reactive ketones (excluding diaryl/α,β-unsaturated/α-hetero) is 1. The molecule has 2 aromatic rings. The molecule has 0 aliphatic carbocycles. The molecule has 0 bridgehead atoms. The van der Waals surface area contributed by atoms with Gasteiger partial charge in [-0.1, -0.05) is 0 Å². The minimum atomic E-state index is -0.746. The molecule has 7 nitrogen and oxygen atoms in total. The third-order valence-electron chi connectivity index (χ3n) is 2.83. The first-order valence-corrected chi connectivity index (χ1v) is 6.35. The standard InChI is InChI=1S/C11H7BrFN5O2/c1-17-15-8(14-16-17)4-18-9-6(10(19)11(18)20)2-5(13)3-7(9)12/h2-3H,4H2,1H3. The third kappa shape index (κ3) is 1.90. The first-order chi connectivity index (χ1) is 9.47.